The van der Waals surface area contributed by atoms with Crippen LogP contribution < -0.4 is 0 Å². The largest absolute Gasteiger partial charge is 0.393 e. The van der Waals surface area contributed by atoms with Crippen molar-refractivity contribution in [2.24, 2.45) is 5.92 Å². The molecule has 52 valence electrons. The fourth-order valence-electron chi connectivity index (χ4n) is 1.42. The van der Waals surface area contributed by atoms with Crippen molar-refractivity contribution in [3.8, 4) is 0 Å². The van der Waals surface area contributed by atoms with E-state index in [-0.39, 0.29) is 6.10 Å². The smallest absolute Gasteiger partial charge is 0.0594 e. The van der Waals surface area contributed by atoms with E-state index in [1.54, 1.807) is 0 Å². The van der Waals surface area contributed by atoms with Crippen molar-refractivity contribution < 1.29 is 5.11 Å². The summed E-state index contributed by atoms with van der Waals surface area (Å²) in [6, 6.07) is 0. The Kier molecular flexibility index (Phi) is 1.86. The molecule has 0 amide bonds. The third-order valence-electron chi connectivity index (χ3n) is 1.75. The number of aliphatic hydroxyl groups is 1. The zero-order chi connectivity index (χ0) is 6.85. The van der Waals surface area contributed by atoms with E-state index in [4.69, 9.17) is 10.5 Å². The van der Waals surface area contributed by atoms with Crippen molar-refractivity contribution in [1.82, 2.24) is 0 Å². The van der Waals surface area contributed by atoms with Crippen LogP contribution in [0.3, 0.4) is 0 Å². The van der Waals surface area contributed by atoms with Gasteiger partial charge < -0.3 is 10.5 Å². The van der Waals surface area contributed by atoms with Crippen molar-refractivity contribution >= 4 is 5.71 Å². The van der Waals surface area contributed by atoms with Gasteiger partial charge in [-0.05, 0) is 18.8 Å². The van der Waals surface area contributed by atoms with Crippen LogP contribution >= 0.6 is 0 Å². The predicted molar refractivity (Wildman–Crippen MR) is 36.7 cm³/mol. The monoisotopic (exact) mass is 127 g/mol. The van der Waals surface area contributed by atoms with Gasteiger partial charge in [0.05, 0.1) is 6.10 Å². The second-order valence-corrected chi connectivity index (χ2v) is 3.01. The molecule has 0 heterocycles. The summed E-state index contributed by atoms with van der Waals surface area (Å²) in [6.45, 7) is 2.08. The van der Waals surface area contributed by atoms with Gasteiger partial charge in [0.2, 0.25) is 0 Å². The molecule has 9 heavy (non-hydrogen) atoms. The molecule has 1 aliphatic rings. The first-order valence-corrected chi connectivity index (χ1v) is 3.43. The van der Waals surface area contributed by atoms with Crippen molar-refractivity contribution in [2.45, 2.75) is 32.3 Å². The zero-order valence-electron chi connectivity index (χ0n) is 5.72. The maximum absolute atomic E-state index is 9.11. The average molecular weight is 127 g/mol. The minimum Gasteiger partial charge on any atom is -0.393 e. The van der Waals surface area contributed by atoms with Crippen molar-refractivity contribution in [2.75, 3.05) is 0 Å². The Balaban J connectivity index is 2.43. The summed E-state index contributed by atoms with van der Waals surface area (Å²) in [6.07, 6.45) is 2.13. The topological polar surface area (TPSA) is 44.1 Å². The van der Waals surface area contributed by atoms with Crippen LogP contribution in [0.15, 0.2) is 0 Å². The molecular weight excluding hydrogens is 114 g/mol. The Morgan fingerprint density at radius 3 is 2.67 bits per heavy atom. The Labute approximate surface area is 55.4 Å². The maximum atomic E-state index is 9.11. The molecule has 0 bridgehead atoms. The van der Waals surface area contributed by atoms with Crippen LogP contribution in [-0.4, -0.2) is 16.9 Å². The van der Waals surface area contributed by atoms with Gasteiger partial charge in [0.1, 0.15) is 0 Å². The lowest BCUT2D eigenvalue weighted by molar-refractivity contribution is 0.143. The maximum Gasteiger partial charge on any atom is 0.0594 e. The standard InChI is InChI=1S/C7H13NO/c1-5-2-6(8)4-7(9)3-5/h5,7-9H,2-4H2,1H3. The molecule has 2 N–H and O–H groups in total. The van der Waals surface area contributed by atoms with Gasteiger partial charge in [0.25, 0.3) is 0 Å². The normalized spacial score (nSPS) is 36.9. The Bertz CT molecular complexity index is 110. The highest BCUT2D eigenvalue weighted by Crippen LogP contribution is 2.20. The summed E-state index contributed by atoms with van der Waals surface area (Å²) in [7, 11) is 0. The first-order valence-electron chi connectivity index (χ1n) is 3.43. The molecule has 0 aromatic carbocycles. The van der Waals surface area contributed by atoms with Crippen LogP contribution in [0.25, 0.3) is 0 Å². The van der Waals surface area contributed by atoms with Gasteiger partial charge in [0, 0.05) is 12.1 Å². The summed E-state index contributed by atoms with van der Waals surface area (Å²) in [5.41, 5.74) is 0.709. The van der Waals surface area contributed by atoms with Gasteiger partial charge in [-0.3, -0.25) is 0 Å². The van der Waals surface area contributed by atoms with Gasteiger partial charge >= 0.3 is 0 Å². The zero-order valence-corrected chi connectivity index (χ0v) is 5.72. The molecular formula is C7H13NO. The quantitative estimate of drug-likeness (QED) is 0.504. The van der Waals surface area contributed by atoms with E-state index in [2.05, 4.69) is 6.92 Å². The molecule has 1 saturated carbocycles. The summed E-state index contributed by atoms with van der Waals surface area (Å²) in [5, 5.41) is 16.4. The van der Waals surface area contributed by atoms with Crippen LogP contribution in [0.4, 0.5) is 0 Å². The summed E-state index contributed by atoms with van der Waals surface area (Å²) in [5.74, 6) is 0.515. The summed E-state index contributed by atoms with van der Waals surface area (Å²) in [4.78, 5) is 0. The molecule has 2 unspecified atom stereocenters. The lowest BCUT2D eigenvalue weighted by Crippen LogP contribution is -2.24. The molecule has 2 atom stereocenters. The summed E-state index contributed by atoms with van der Waals surface area (Å²) >= 11 is 0. The van der Waals surface area contributed by atoms with E-state index in [0.29, 0.717) is 18.1 Å². The number of hydrogen-bond donors (Lipinski definition) is 2. The van der Waals surface area contributed by atoms with Gasteiger partial charge in [-0.15, -0.1) is 0 Å². The van der Waals surface area contributed by atoms with Crippen LogP contribution in [0, 0.1) is 11.3 Å². The lowest BCUT2D eigenvalue weighted by Gasteiger charge is -2.22. The van der Waals surface area contributed by atoms with Crippen LogP contribution in [0.1, 0.15) is 26.2 Å². The summed E-state index contributed by atoms with van der Waals surface area (Å²) < 4.78 is 0. The second-order valence-electron chi connectivity index (χ2n) is 3.01. The fraction of sp³-hybridized carbons (Fsp3) is 0.857. The van der Waals surface area contributed by atoms with E-state index in [1.165, 1.54) is 0 Å². The molecule has 0 saturated heterocycles. The van der Waals surface area contributed by atoms with Gasteiger partial charge in [-0.25, -0.2) is 0 Å². The SMILES string of the molecule is CC1CC(=N)CC(O)C1. The molecule has 2 heteroatoms. The molecule has 0 radical (unpaired) electrons. The number of nitrogens with one attached hydrogen (secondary N) is 1. The first kappa shape index (κ1) is 6.75. The van der Waals surface area contributed by atoms with E-state index in [1.807, 2.05) is 0 Å². The third-order valence-corrected chi connectivity index (χ3v) is 1.75. The number of hydrogen-bond acceptors (Lipinski definition) is 2. The van der Waals surface area contributed by atoms with Crippen molar-refractivity contribution in [1.29, 1.82) is 5.41 Å². The van der Waals surface area contributed by atoms with Crippen LogP contribution in [0.5, 0.6) is 0 Å². The number of aliphatic hydroxyl groups excluding tert-OH is 1. The van der Waals surface area contributed by atoms with E-state index >= 15 is 0 Å². The molecule has 2 nitrogen and oxygen atoms in total. The fourth-order valence-corrected chi connectivity index (χ4v) is 1.42. The Morgan fingerprint density at radius 2 is 2.22 bits per heavy atom. The highest BCUT2D eigenvalue weighted by molar-refractivity contribution is 5.82. The molecule has 0 spiro atoms. The molecule has 0 aromatic heterocycles. The third kappa shape index (κ3) is 1.79. The highest BCUT2D eigenvalue weighted by Gasteiger charge is 2.19. The number of rotatable bonds is 0. The van der Waals surface area contributed by atoms with Crippen molar-refractivity contribution in [3.05, 3.63) is 0 Å². The van der Waals surface area contributed by atoms with Crippen molar-refractivity contribution in [3.63, 3.8) is 0 Å². The molecule has 0 aromatic rings. The van der Waals surface area contributed by atoms with E-state index in [9.17, 15) is 0 Å². The average Bonchev–Trinajstić information content (AvgIpc) is 1.59. The van der Waals surface area contributed by atoms with Gasteiger partial charge in [-0.1, -0.05) is 6.92 Å². The minimum absolute atomic E-state index is 0.235. The Morgan fingerprint density at radius 1 is 1.56 bits per heavy atom. The van der Waals surface area contributed by atoms with Crippen LogP contribution in [-0.2, 0) is 0 Å². The first-order chi connectivity index (χ1) is 4.18. The second kappa shape index (κ2) is 2.48. The molecule has 1 rings (SSSR count). The molecule has 0 aliphatic heterocycles. The molecule has 1 fully saturated rings. The van der Waals surface area contributed by atoms with E-state index < -0.39 is 0 Å². The Hall–Kier alpha value is -0.370. The van der Waals surface area contributed by atoms with Gasteiger partial charge in [0.15, 0.2) is 0 Å². The van der Waals surface area contributed by atoms with Crippen LogP contribution in [0.2, 0.25) is 0 Å². The van der Waals surface area contributed by atoms with E-state index in [0.717, 1.165) is 12.8 Å². The lowest BCUT2D eigenvalue weighted by atomic mass is 9.87. The minimum atomic E-state index is -0.235. The predicted octanol–water partition coefficient (Wildman–Crippen LogP) is 1.19. The molecule has 1 aliphatic carbocycles. The van der Waals surface area contributed by atoms with Gasteiger partial charge in [-0.2, -0.15) is 0 Å². The highest BCUT2D eigenvalue weighted by atomic mass is 16.3.